The average molecular weight is 304 g/mol. The molecule has 5 heteroatoms. The quantitative estimate of drug-likeness (QED) is 0.946. The summed E-state index contributed by atoms with van der Waals surface area (Å²) in [5.74, 6) is 0. The van der Waals surface area contributed by atoms with E-state index in [1.807, 2.05) is 30.3 Å². The predicted octanol–water partition coefficient (Wildman–Crippen LogP) is 2.21. The zero-order valence-electron chi connectivity index (χ0n) is 12.1. The van der Waals surface area contributed by atoms with Gasteiger partial charge in [0.2, 0.25) is 10.0 Å². The summed E-state index contributed by atoms with van der Waals surface area (Å²) in [5, 5.41) is 2.00. The molecule has 1 fully saturated rings. The Kier molecular flexibility index (Phi) is 3.97. The zero-order valence-corrected chi connectivity index (χ0v) is 12.9. The van der Waals surface area contributed by atoms with Crippen LogP contribution in [0.3, 0.4) is 0 Å². The van der Waals surface area contributed by atoms with E-state index in [1.165, 1.54) is 0 Å². The molecule has 2 aromatic rings. The van der Waals surface area contributed by atoms with Crippen LogP contribution in [-0.2, 0) is 10.0 Å². The first-order valence-electron chi connectivity index (χ1n) is 7.24. The van der Waals surface area contributed by atoms with Crippen molar-refractivity contribution in [3.8, 4) is 0 Å². The Balaban J connectivity index is 1.82. The molecular weight excluding hydrogens is 284 g/mol. The molecule has 1 aliphatic rings. The first kappa shape index (κ1) is 14.5. The number of hydrogen-bond acceptors (Lipinski definition) is 3. The van der Waals surface area contributed by atoms with Crippen molar-refractivity contribution in [1.29, 1.82) is 0 Å². The van der Waals surface area contributed by atoms with E-state index in [1.54, 1.807) is 12.1 Å². The maximum atomic E-state index is 12.5. The van der Waals surface area contributed by atoms with Crippen LogP contribution in [0, 0.1) is 0 Å². The molecule has 0 unspecified atom stereocenters. The van der Waals surface area contributed by atoms with E-state index in [-0.39, 0.29) is 6.04 Å². The third kappa shape index (κ3) is 3.26. The smallest absolute Gasteiger partial charge is 0.240 e. The van der Waals surface area contributed by atoms with E-state index in [0.717, 1.165) is 36.7 Å². The van der Waals surface area contributed by atoms with E-state index in [2.05, 4.69) is 16.7 Å². The Hall–Kier alpha value is -1.43. The summed E-state index contributed by atoms with van der Waals surface area (Å²) in [4.78, 5) is 2.57. The number of nitrogens with zero attached hydrogens (tertiary/aromatic N) is 1. The SMILES string of the molecule is CN1CCC(NS(=O)(=O)c2ccc3ccccc3c2)CC1. The maximum Gasteiger partial charge on any atom is 0.240 e. The standard InChI is InChI=1S/C16H20N2O2S/c1-18-10-8-15(9-11-18)17-21(19,20)16-7-6-13-4-2-3-5-14(13)12-16/h2-7,12,15,17H,8-11H2,1H3. The van der Waals surface area contributed by atoms with Gasteiger partial charge < -0.3 is 4.90 Å². The molecule has 0 atom stereocenters. The van der Waals surface area contributed by atoms with Gasteiger partial charge >= 0.3 is 0 Å². The van der Waals surface area contributed by atoms with Gasteiger partial charge in [-0.25, -0.2) is 13.1 Å². The van der Waals surface area contributed by atoms with Gasteiger partial charge in [0.25, 0.3) is 0 Å². The van der Waals surface area contributed by atoms with Crippen molar-refractivity contribution in [3.63, 3.8) is 0 Å². The van der Waals surface area contributed by atoms with Crippen molar-refractivity contribution in [3.05, 3.63) is 42.5 Å². The minimum Gasteiger partial charge on any atom is -0.306 e. The molecule has 0 aromatic heterocycles. The molecule has 0 saturated carbocycles. The van der Waals surface area contributed by atoms with E-state index >= 15 is 0 Å². The summed E-state index contributed by atoms with van der Waals surface area (Å²) in [6.07, 6.45) is 1.73. The van der Waals surface area contributed by atoms with Gasteiger partial charge in [0.1, 0.15) is 0 Å². The molecule has 112 valence electrons. The van der Waals surface area contributed by atoms with Crippen LogP contribution in [0.2, 0.25) is 0 Å². The molecule has 0 spiro atoms. The molecule has 4 nitrogen and oxygen atoms in total. The first-order chi connectivity index (χ1) is 10.0. The largest absolute Gasteiger partial charge is 0.306 e. The van der Waals surface area contributed by atoms with Crippen molar-refractivity contribution in [2.24, 2.45) is 0 Å². The summed E-state index contributed by atoms with van der Waals surface area (Å²) in [6, 6.07) is 13.1. The second kappa shape index (κ2) is 5.75. The second-order valence-electron chi connectivity index (χ2n) is 5.71. The van der Waals surface area contributed by atoms with E-state index < -0.39 is 10.0 Å². The van der Waals surface area contributed by atoms with E-state index in [9.17, 15) is 8.42 Å². The summed E-state index contributed by atoms with van der Waals surface area (Å²) in [7, 11) is -1.37. The lowest BCUT2D eigenvalue weighted by Gasteiger charge is -2.29. The first-order valence-corrected chi connectivity index (χ1v) is 8.72. The normalized spacial score (nSPS) is 18.1. The molecule has 1 saturated heterocycles. The molecule has 0 bridgehead atoms. The van der Waals surface area contributed by atoms with E-state index in [4.69, 9.17) is 0 Å². The lowest BCUT2D eigenvalue weighted by atomic mass is 10.1. The Morgan fingerprint density at radius 1 is 1.05 bits per heavy atom. The number of sulfonamides is 1. The van der Waals surface area contributed by atoms with Gasteiger partial charge in [0, 0.05) is 6.04 Å². The van der Waals surface area contributed by atoms with Gasteiger partial charge in [-0.15, -0.1) is 0 Å². The fourth-order valence-corrected chi connectivity index (χ4v) is 4.09. The summed E-state index contributed by atoms with van der Waals surface area (Å²) in [6.45, 7) is 1.87. The monoisotopic (exact) mass is 304 g/mol. The van der Waals surface area contributed by atoms with Crippen LogP contribution < -0.4 is 4.72 Å². The highest BCUT2D eigenvalue weighted by Gasteiger charge is 2.23. The fourth-order valence-electron chi connectivity index (χ4n) is 2.75. The number of rotatable bonds is 3. The Morgan fingerprint density at radius 3 is 2.43 bits per heavy atom. The minimum atomic E-state index is -3.44. The maximum absolute atomic E-state index is 12.5. The van der Waals surface area contributed by atoms with Crippen LogP contribution in [0.1, 0.15) is 12.8 Å². The molecule has 0 radical (unpaired) electrons. The van der Waals surface area contributed by atoms with Crippen molar-refractivity contribution >= 4 is 20.8 Å². The van der Waals surface area contributed by atoms with Gasteiger partial charge in [-0.3, -0.25) is 0 Å². The van der Waals surface area contributed by atoms with Crippen LogP contribution >= 0.6 is 0 Å². The van der Waals surface area contributed by atoms with E-state index in [0.29, 0.717) is 4.90 Å². The zero-order chi connectivity index (χ0) is 14.9. The topological polar surface area (TPSA) is 49.4 Å². The van der Waals surface area contributed by atoms with Crippen LogP contribution in [0.15, 0.2) is 47.4 Å². The van der Waals surface area contributed by atoms with Gasteiger partial charge in [-0.05, 0) is 55.9 Å². The van der Waals surface area contributed by atoms with Gasteiger partial charge in [-0.1, -0.05) is 30.3 Å². The second-order valence-corrected chi connectivity index (χ2v) is 7.42. The highest BCUT2D eigenvalue weighted by Crippen LogP contribution is 2.20. The molecule has 0 aliphatic carbocycles. The summed E-state index contributed by atoms with van der Waals surface area (Å²) >= 11 is 0. The Labute approximate surface area is 125 Å². The third-order valence-corrected chi connectivity index (χ3v) is 5.59. The summed E-state index contributed by atoms with van der Waals surface area (Å²) < 4.78 is 27.8. The van der Waals surface area contributed by atoms with Crippen molar-refractivity contribution in [1.82, 2.24) is 9.62 Å². The third-order valence-electron chi connectivity index (χ3n) is 4.07. The molecule has 0 amide bonds. The molecule has 21 heavy (non-hydrogen) atoms. The number of likely N-dealkylation sites (tertiary alicyclic amines) is 1. The van der Waals surface area contributed by atoms with Crippen molar-refractivity contribution in [2.45, 2.75) is 23.8 Å². The van der Waals surface area contributed by atoms with Crippen molar-refractivity contribution in [2.75, 3.05) is 20.1 Å². The van der Waals surface area contributed by atoms with Crippen LogP contribution in [0.5, 0.6) is 0 Å². The lowest BCUT2D eigenvalue weighted by Crippen LogP contribution is -2.43. The predicted molar refractivity (Wildman–Crippen MR) is 84.8 cm³/mol. The number of hydrogen-bond donors (Lipinski definition) is 1. The molecule has 3 rings (SSSR count). The number of fused-ring (bicyclic) bond motifs is 1. The Morgan fingerprint density at radius 2 is 1.71 bits per heavy atom. The summed E-state index contributed by atoms with van der Waals surface area (Å²) in [5.41, 5.74) is 0. The molecular formula is C16H20N2O2S. The van der Waals surface area contributed by atoms with Crippen molar-refractivity contribution < 1.29 is 8.42 Å². The van der Waals surface area contributed by atoms with Gasteiger partial charge in [0.05, 0.1) is 4.90 Å². The fraction of sp³-hybridized carbons (Fsp3) is 0.375. The lowest BCUT2D eigenvalue weighted by molar-refractivity contribution is 0.248. The van der Waals surface area contributed by atoms with Crippen LogP contribution in [0.4, 0.5) is 0 Å². The van der Waals surface area contributed by atoms with Gasteiger partial charge in [-0.2, -0.15) is 0 Å². The van der Waals surface area contributed by atoms with Gasteiger partial charge in [0.15, 0.2) is 0 Å². The molecule has 1 heterocycles. The highest BCUT2D eigenvalue weighted by molar-refractivity contribution is 7.89. The Bertz CT molecular complexity index is 735. The molecule has 1 aliphatic heterocycles. The highest BCUT2D eigenvalue weighted by atomic mass is 32.2. The minimum absolute atomic E-state index is 0.0395. The van der Waals surface area contributed by atoms with Crippen LogP contribution in [0.25, 0.3) is 10.8 Å². The number of benzene rings is 2. The average Bonchev–Trinajstić information content (AvgIpc) is 2.49. The van der Waals surface area contributed by atoms with Crippen LogP contribution in [-0.4, -0.2) is 39.5 Å². The molecule has 2 aromatic carbocycles. The molecule has 1 N–H and O–H groups in total. The number of piperidine rings is 1. The number of nitrogens with one attached hydrogen (secondary N) is 1.